The quantitative estimate of drug-likeness (QED) is 0.500. The van der Waals surface area contributed by atoms with Crippen molar-refractivity contribution in [2.24, 2.45) is 0 Å². The third kappa shape index (κ3) is 4.00. The maximum atomic E-state index is 12.2. The molecule has 0 amide bonds. The molecule has 0 fully saturated rings. The van der Waals surface area contributed by atoms with Gasteiger partial charge in [0.25, 0.3) is 5.56 Å². The zero-order valence-corrected chi connectivity index (χ0v) is 14.2. The summed E-state index contributed by atoms with van der Waals surface area (Å²) in [6.07, 6.45) is -0.0251. The highest BCUT2D eigenvalue weighted by Gasteiger charge is 2.11. The van der Waals surface area contributed by atoms with Gasteiger partial charge in [0, 0.05) is 12.0 Å². The van der Waals surface area contributed by atoms with Crippen LogP contribution in [0.4, 0.5) is 0 Å². The van der Waals surface area contributed by atoms with Crippen LogP contribution < -0.4 is 5.56 Å². The van der Waals surface area contributed by atoms with E-state index in [0.717, 1.165) is 10.2 Å². The zero-order chi connectivity index (χ0) is 18.5. The van der Waals surface area contributed by atoms with Gasteiger partial charge in [0.15, 0.2) is 12.5 Å². The number of Topliss-reactive ketones (excluding diaryl/α,β-unsaturated/α-hetero) is 1. The maximum Gasteiger partial charge on any atom is 0.308 e. The van der Waals surface area contributed by atoms with E-state index in [4.69, 9.17) is 4.74 Å². The van der Waals surface area contributed by atoms with E-state index in [2.05, 4.69) is 10.3 Å². The van der Waals surface area contributed by atoms with Crippen molar-refractivity contribution in [2.45, 2.75) is 26.5 Å². The van der Waals surface area contributed by atoms with Gasteiger partial charge in [-0.05, 0) is 19.1 Å². The molecule has 7 nitrogen and oxygen atoms in total. The number of fused-ring (bicyclic) bond motifs is 1. The van der Waals surface area contributed by atoms with Crippen LogP contribution in [0.3, 0.4) is 0 Å². The fourth-order valence-corrected chi connectivity index (χ4v) is 2.41. The Morgan fingerprint density at radius 2 is 1.77 bits per heavy atom. The standard InChI is InChI=1S/C19H17N3O4/c1-13-6-8-14(9-7-13)17(23)10-11-18(24)26-12-22-19(25)15-4-2-3-5-16(15)20-21-22/h2-9H,10-12H2,1H3. The van der Waals surface area contributed by atoms with E-state index >= 15 is 0 Å². The smallest absolute Gasteiger partial charge is 0.308 e. The number of aryl methyl sites for hydroxylation is 1. The molecule has 7 heteroatoms. The largest absolute Gasteiger partial charge is 0.442 e. The van der Waals surface area contributed by atoms with E-state index in [9.17, 15) is 14.4 Å². The highest BCUT2D eigenvalue weighted by Crippen LogP contribution is 2.08. The molecular formula is C19H17N3O4. The average molecular weight is 351 g/mol. The van der Waals surface area contributed by atoms with Crippen LogP contribution in [0.5, 0.6) is 0 Å². The summed E-state index contributed by atoms with van der Waals surface area (Å²) in [4.78, 5) is 36.1. The molecule has 0 radical (unpaired) electrons. The molecule has 0 unspecified atom stereocenters. The Morgan fingerprint density at radius 3 is 2.54 bits per heavy atom. The summed E-state index contributed by atoms with van der Waals surface area (Å²) in [7, 11) is 0. The molecule has 0 atom stereocenters. The third-order valence-electron chi connectivity index (χ3n) is 3.91. The van der Waals surface area contributed by atoms with Crippen molar-refractivity contribution in [1.29, 1.82) is 0 Å². The predicted molar refractivity (Wildman–Crippen MR) is 94.6 cm³/mol. The molecule has 1 heterocycles. The number of hydrogen-bond donors (Lipinski definition) is 0. The van der Waals surface area contributed by atoms with Crippen molar-refractivity contribution in [3.05, 3.63) is 70.0 Å². The number of ketones is 1. The maximum absolute atomic E-state index is 12.2. The average Bonchev–Trinajstić information content (AvgIpc) is 2.66. The number of hydrogen-bond acceptors (Lipinski definition) is 6. The molecule has 0 aliphatic carbocycles. The summed E-state index contributed by atoms with van der Waals surface area (Å²) in [5.74, 6) is -0.711. The van der Waals surface area contributed by atoms with Crippen LogP contribution in [0.2, 0.25) is 0 Å². The van der Waals surface area contributed by atoms with Gasteiger partial charge in [-0.1, -0.05) is 47.2 Å². The Bertz CT molecular complexity index is 1010. The van der Waals surface area contributed by atoms with E-state index in [0.29, 0.717) is 16.5 Å². The second-order valence-corrected chi connectivity index (χ2v) is 5.85. The molecule has 3 rings (SSSR count). The van der Waals surface area contributed by atoms with Crippen LogP contribution in [0, 0.1) is 6.92 Å². The molecule has 26 heavy (non-hydrogen) atoms. The highest BCUT2D eigenvalue weighted by molar-refractivity contribution is 5.97. The number of ether oxygens (including phenoxy) is 1. The Kier molecular flexibility index (Phi) is 5.17. The fraction of sp³-hybridized carbons (Fsp3) is 0.211. The zero-order valence-electron chi connectivity index (χ0n) is 14.2. The fourth-order valence-electron chi connectivity index (χ4n) is 2.41. The molecule has 0 aliphatic rings. The van der Waals surface area contributed by atoms with Gasteiger partial charge in [-0.25, -0.2) is 0 Å². The second kappa shape index (κ2) is 7.69. The Balaban J connectivity index is 1.56. The lowest BCUT2D eigenvalue weighted by Gasteiger charge is -2.06. The summed E-state index contributed by atoms with van der Waals surface area (Å²) in [6.45, 7) is 1.59. The lowest BCUT2D eigenvalue weighted by molar-refractivity contribution is -0.148. The lowest BCUT2D eigenvalue weighted by Crippen LogP contribution is -2.26. The van der Waals surface area contributed by atoms with Gasteiger partial charge in [0.05, 0.1) is 11.8 Å². The first-order chi connectivity index (χ1) is 12.5. The van der Waals surface area contributed by atoms with Gasteiger partial charge in [-0.3, -0.25) is 14.4 Å². The van der Waals surface area contributed by atoms with Crippen LogP contribution in [0.1, 0.15) is 28.8 Å². The first-order valence-electron chi connectivity index (χ1n) is 8.12. The Labute approximate surface area is 149 Å². The molecule has 0 aliphatic heterocycles. The van der Waals surface area contributed by atoms with E-state index < -0.39 is 5.97 Å². The summed E-state index contributed by atoms with van der Waals surface area (Å²) >= 11 is 0. The third-order valence-corrected chi connectivity index (χ3v) is 3.91. The molecule has 132 valence electrons. The molecule has 0 saturated carbocycles. The Hall–Kier alpha value is -3.35. The second-order valence-electron chi connectivity index (χ2n) is 5.85. The van der Waals surface area contributed by atoms with Crippen LogP contribution in [0.15, 0.2) is 53.3 Å². The van der Waals surface area contributed by atoms with Crippen molar-refractivity contribution in [1.82, 2.24) is 15.0 Å². The number of benzene rings is 2. The van der Waals surface area contributed by atoms with Crippen molar-refractivity contribution < 1.29 is 14.3 Å². The number of nitrogens with zero attached hydrogens (tertiary/aromatic N) is 3. The number of aromatic nitrogens is 3. The summed E-state index contributed by atoms with van der Waals surface area (Å²) in [6, 6.07) is 13.9. The van der Waals surface area contributed by atoms with E-state index in [-0.39, 0.29) is 30.9 Å². The summed E-state index contributed by atoms with van der Waals surface area (Å²) < 4.78 is 6.01. The minimum atomic E-state index is -0.577. The number of carbonyl (C=O) groups excluding carboxylic acids is 2. The topological polar surface area (TPSA) is 91.2 Å². The molecule has 0 saturated heterocycles. The molecule has 0 N–H and O–H groups in total. The molecule has 1 aromatic heterocycles. The van der Waals surface area contributed by atoms with Gasteiger partial charge >= 0.3 is 5.97 Å². The minimum Gasteiger partial charge on any atom is -0.442 e. The van der Waals surface area contributed by atoms with Crippen LogP contribution in [-0.4, -0.2) is 26.7 Å². The van der Waals surface area contributed by atoms with E-state index in [1.165, 1.54) is 0 Å². The Morgan fingerprint density at radius 1 is 1.04 bits per heavy atom. The van der Waals surface area contributed by atoms with Crippen molar-refractivity contribution in [2.75, 3.05) is 0 Å². The van der Waals surface area contributed by atoms with Gasteiger partial charge in [-0.15, -0.1) is 5.10 Å². The van der Waals surface area contributed by atoms with Gasteiger partial charge in [0.1, 0.15) is 5.52 Å². The van der Waals surface area contributed by atoms with E-state index in [1.807, 2.05) is 19.1 Å². The molecule has 2 aromatic carbocycles. The lowest BCUT2D eigenvalue weighted by atomic mass is 10.1. The summed E-state index contributed by atoms with van der Waals surface area (Å²) in [5.41, 5.74) is 1.70. The molecule has 0 spiro atoms. The first kappa shape index (κ1) is 17.5. The number of esters is 1. The van der Waals surface area contributed by atoms with Crippen molar-refractivity contribution >= 4 is 22.7 Å². The van der Waals surface area contributed by atoms with Crippen molar-refractivity contribution in [3.8, 4) is 0 Å². The highest BCUT2D eigenvalue weighted by atomic mass is 16.5. The number of carbonyl (C=O) groups is 2. The normalized spacial score (nSPS) is 10.7. The summed E-state index contributed by atoms with van der Waals surface area (Å²) in [5, 5.41) is 8.04. The van der Waals surface area contributed by atoms with Crippen molar-refractivity contribution in [3.63, 3.8) is 0 Å². The van der Waals surface area contributed by atoms with Gasteiger partial charge < -0.3 is 4.74 Å². The van der Waals surface area contributed by atoms with Crippen LogP contribution in [0.25, 0.3) is 10.9 Å². The van der Waals surface area contributed by atoms with Gasteiger partial charge in [-0.2, -0.15) is 4.68 Å². The molecule has 0 bridgehead atoms. The molecule has 3 aromatic rings. The molecular weight excluding hydrogens is 334 g/mol. The first-order valence-corrected chi connectivity index (χ1v) is 8.12. The SMILES string of the molecule is Cc1ccc(C(=O)CCC(=O)OCn2nnc3ccccc3c2=O)cc1. The monoisotopic (exact) mass is 351 g/mol. The van der Waals surface area contributed by atoms with Crippen LogP contribution >= 0.6 is 0 Å². The minimum absolute atomic E-state index is 0.0419. The van der Waals surface area contributed by atoms with Crippen LogP contribution in [-0.2, 0) is 16.3 Å². The van der Waals surface area contributed by atoms with E-state index in [1.54, 1.807) is 36.4 Å². The predicted octanol–water partition coefficient (Wildman–Crippen LogP) is 2.26. The number of rotatable bonds is 6. The van der Waals surface area contributed by atoms with Gasteiger partial charge in [0.2, 0.25) is 0 Å².